The van der Waals surface area contributed by atoms with Gasteiger partial charge in [0.2, 0.25) is 0 Å². The zero-order valence-corrected chi connectivity index (χ0v) is 16.5. The Bertz CT molecular complexity index is 674. The van der Waals surface area contributed by atoms with Crippen LogP contribution in [0.25, 0.3) is 0 Å². The minimum absolute atomic E-state index is 0.135. The zero-order valence-electron chi connectivity index (χ0n) is 16.5. The molecule has 1 N–H and O–H groups in total. The number of hydrogen-bond donors (Lipinski definition) is 1. The van der Waals surface area contributed by atoms with E-state index in [1.165, 1.54) is 44.9 Å². The SMILES string of the molecule is CC[C@H]1CC[C@H]2[C@@H]3CC[C@H]4CC/C(=N\O)C5(OC5=O)[C@]4(C)[C@H]3CC[C@]12C. The second-order valence-corrected chi connectivity index (χ2v) is 10.3. The molecule has 5 rings (SSSR count). The Balaban J connectivity index is 1.55. The minimum atomic E-state index is -0.898. The average Bonchev–Trinajstić information content (AvgIpc) is 3.17. The molecule has 1 heterocycles. The minimum Gasteiger partial charge on any atom is -0.437 e. The maximum atomic E-state index is 12.5. The lowest BCUT2D eigenvalue weighted by Gasteiger charge is -2.61. The number of hydrogen-bond acceptors (Lipinski definition) is 4. The summed E-state index contributed by atoms with van der Waals surface area (Å²) in [6.45, 7) is 7.22. The van der Waals surface area contributed by atoms with Crippen LogP contribution in [0, 0.1) is 40.4 Å². The molecule has 26 heavy (non-hydrogen) atoms. The number of oxime groups is 1. The van der Waals surface area contributed by atoms with Crippen LogP contribution < -0.4 is 0 Å². The third-order valence-corrected chi connectivity index (χ3v) is 10.1. The molecule has 5 aliphatic rings. The van der Waals surface area contributed by atoms with Crippen LogP contribution in [-0.4, -0.2) is 22.5 Å². The fraction of sp³-hybridized carbons (Fsp3) is 0.909. The van der Waals surface area contributed by atoms with Crippen molar-refractivity contribution in [3.8, 4) is 0 Å². The molecule has 5 fully saturated rings. The summed E-state index contributed by atoms with van der Waals surface area (Å²) in [6.07, 6.45) is 10.8. The summed E-state index contributed by atoms with van der Waals surface area (Å²) < 4.78 is 5.72. The van der Waals surface area contributed by atoms with Crippen molar-refractivity contribution in [1.82, 2.24) is 0 Å². The highest BCUT2D eigenvalue weighted by Crippen LogP contribution is 2.71. The van der Waals surface area contributed by atoms with Crippen LogP contribution in [0.5, 0.6) is 0 Å². The molecule has 4 nitrogen and oxygen atoms in total. The molecule has 1 unspecified atom stereocenters. The summed E-state index contributed by atoms with van der Waals surface area (Å²) in [6, 6.07) is 0. The molecule has 4 heteroatoms. The van der Waals surface area contributed by atoms with Crippen LogP contribution in [0.4, 0.5) is 0 Å². The lowest BCUT2D eigenvalue weighted by atomic mass is 9.42. The molecule has 144 valence electrons. The molecule has 4 aliphatic carbocycles. The Labute approximate surface area is 156 Å². The Kier molecular flexibility index (Phi) is 3.45. The van der Waals surface area contributed by atoms with Gasteiger partial charge in [0, 0.05) is 5.41 Å². The Morgan fingerprint density at radius 3 is 2.54 bits per heavy atom. The van der Waals surface area contributed by atoms with Crippen molar-refractivity contribution in [2.75, 3.05) is 0 Å². The maximum Gasteiger partial charge on any atom is 0.359 e. The Morgan fingerprint density at radius 2 is 1.88 bits per heavy atom. The summed E-state index contributed by atoms with van der Waals surface area (Å²) in [5.41, 5.74) is 0.0137. The van der Waals surface area contributed by atoms with Crippen molar-refractivity contribution < 1.29 is 14.7 Å². The molecule has 0 amide bonds. The third kappa shape index (κ3) is 1.73. The molecule has 0 radical (unpaired) electrons. The summed E-state index contributed by atoms with van der Waals surface area (Å²) in [7, 11) is 0. The van der Waals surface area contributed by atoms with Gasteiger partial charge in [-0.05, 0) is 86.4 Å². The standard InChI is InChI=1S/C22H33NO3/c1-4-13-6-9-16-15-8-5-14-7-10-18(23-25)22(19(24)26-22)21(14,3)17(15)11-12-20(13,16)2/h13-17,25H,4-12H2,1-3H3/b23-18+/t13-,14-,15-,16-,17-,20+,21-,22?/m0/s1. The van der Waals surface area contributed by atoms with Gasteiger partial charge in [-0.15, -0.1) is 0 Å². The largest absolute Gasteiger partial charge is 0.437 e. The molecule has 0 aromatic carbocycles. The first kappa shape index (κ1) is 17.1. The van der Waals surface area contributed by atoms with Crippen molar-refractivity contribution in [3.63, 3.8) is 0 Å². The molecule has 0 aromatic heterocycles. The van der Waals surface area contributed by atoms with E-state index >= 15 is 0 Å². The number of epoxide rings is 1. The van der Waals surface area contributed by atoms with E-state index in [0.717, 1.165) is 18.3 Å². The molecule has 1 saturated heterocycles. The van der Waals surface area contributed by atoms with E-state index in [0.29, 0.717) is 35.3 Å². The molecule has 0 bridgehead atoms. The highest BCUT2D eigenvalue weighted by Gasteiger charge is 2.79. The number of ether oxygens (including phenoxy) is 1. The van der Waals surface area contributed by atoms with Crippen LogP contribution in [-0.2, 0) is 9.53 Å². The highest BCUT2D eigenvalue weighted by atomic mass is 16.7. The average molecular weight is 360 g/mol. The van der Waals surface area contributed by atoms with E-state index in [1.807, 2.05) is 0 Å². The normalized spacial score (nSPS) is 56.7. The van der Waals surface area contributed by atoms with Gasteiger partial charge in [0.1, 0.15) is 5.71 Å². The fourth-order valence-electron chi connectivity index (χ4n) is 8.74. The number of carbonyl (C=O) groups excluding carboxylic acids is 1. The second kappa shape index (κ2) is 5.26. The van der Waals surface area contributed by atoms with Crippen LogP contribution in [0.2, 0.25) is 0 Å². The number of nitrogens with zero attached hydrogens (tertiary/aromatic N) is 1. The number of fused-ring (bicyclic) bond motifs is 6. The number of carbonyl (C=O) groups is 1. The molecule has 4 saturated carbocycles. The van der Waals surface area contributed by atoms with Gasteiger partial charge in [-0.1, -0.05) is 32.3 Å². The van der Waals surface area contributed by atoms with Crippen LogP contribution >= 0.6 is 0 Å². The van der Waals surface area contributed by atoms with Crippen molar-refractivity contribution in [3.05, 3.63) is 0 Å². The van der Waals surface area contributed by atoms with Crippen LogP contribution in [0.1, 0.15) is 78.6 Å². The van der Waals surface area contributed by atoms with E-state index in [-0.39, 0.29) is 11.4 Å². The third-order valence-electron chi connectivity index (χ3n) is 10.1. The molecule has 1 spiro atoms. The molecular weight excluding hydrogens is 326 g/mol. The first-order valence-electron chi connectivity index (χ1n) is 10.9. The quantitative estimate of drug-likeness (QED) is 0.416. The Hall–Kier alpha value is -1.06. The summed E-state index contributed by atoms with van der Waals surface area (Å²) >= 11 is 0. The summed E-state index contributed by atoms with van der Waals surface area (Å²) in [4.78, 5) is 12.5. The molecule has 1 aliphatic heterocycles. The topological polar surface area (TPSA) is 62.2 Å². The van der Waals surface area contributed by atoms with E-state index < -0.39 is 5.60 Å². The van der Waals surface area contributed by atoms with Crippen molar-refractivity contribution >= 4 is 11.7 Å². The van der Waals surface area contributed by atoms with Gasteiger partial charge in [0.05, 0.1) is 0 Å². The molecule has 0 aromatic rings. The smallest absolute Gasteiger partial charge is 0.359 e. The van der Waals surface area contributed by atoms with E-state index in [1.54, 1.807) is 0 Å². The van der Waals surface area contributed by atoms with E-state index in [9.17, 15) is 10.0 Å². The highest BCUT2D eigenvalue weighted by molar-refractivity contribution is 6.20. The van der Waals surface area contributed by atoms with Gasteiger partial charge >= 0.3 is 5.97 Å². The van der Waals surface area contributed by atoms with Gasteiger partial charge in [0.25, 0.3) is 5.60 Å². The molecular formula is C22H33NO3. The summed E-state index contributed by atoms with van der Waals surface area (Å²) in [5.74, 6) is 3.29. The lowest BCUT2D eigenvalue weighted by molar-refractivity contribution is -0.127. The number of rotatable bonds is 1. The van der Waals surface area contributed by atoms with Crippen LogP contribution in [0.3, 0.4) is 0 Å². The first-order valence-corrected chi connectivity index (χ1v) is 10.9. The maximum absolute atomic E-state index is 12.5. The summed E-state index contributed by atoms with van der Waals surface area (Å²) in [5, 5.41) is 13.2. The zero-order chi connectivity index (χ0) is 18.3. The van der Waals surface area contributed by atoms with Crippen LogP contribution in [0.15, 0.2) is 5.16 Å². The van der Waals surface area contributed by atoms with Gasteiger partial charge in [-0.2, -0.15) is 0 Å². The fourth-order valence-corrected chi connectivity index (χ4v) is 8.74. The molecule has 8 atom stereocenters. The predicted octanol–water partition coefficient (Wildman–Crippen LogP) is 4.79. The van der Waals surface area contributed by atoms with Gasteiger partial charge in [-0.25, -0.2) is 4.79 Å². The van der Waals surface area contributed by atoms with E-state index in [2.05, 4.69) is 25.9 Å². The van der Waals surface area contributed by atoms with Crippen molar-refractivity contribution in [2.45, 2.75) is 84.2 Å². The van der Waals surface area contributed by atoms with Gasteiger partial charge < -0.3 is 9.94 Å². The predicted molar refractivity (Wildman–Crippen MR) is 98.9 cm³/mol. The van der Waals surface area contributed by atoms with Gasteiger partial charge in [-0.3, -0.25) is 0 Å². The monoisotopic (exact) mass is 359 g/mol. The van der Waals surface area contributed by atoms with Crippen molar-refractivity contribution in [2.24, 2.45) is 45.6 Å². The lowest BCUT2D eigenvalue weighted by Crippen LogP contribution is -2.62. The van der Waals surface area contributed by atoms with Gasteiger partial charge in [0.15, 0.2) is 0 Å². The second-order valence-electron chi connectivity index (χ2n) is 10.3. The first-order chi connectivity index (χ1) is 12.4. The van der Waals surface area contributed by atoms with Crippen molar-refractivity contribution in [1.29, 1.82) is 0 Å². The van der Waals surface area contributed by atoms with E-state index in [4.69, 9.17) is 4.74 Å². The Morgan fingerprint density at radius 1 is 1.12 bits per heavy atom.